The number of pyridine rings is 1. The van der Waals surface area contributed by atoms with Gasteiger partial charge in [0.05, 0.1) is 12.8 Å². The van der Waals surface area contributed by atoms with Gasteiger partial charge in [-0.2, -0.15) is 8.42 Å². The minimum Gasteiger partial charge on any atom is -0.496 e. The molecule has 0 aliphatic heterocycles. The summed E-state index contributed by atoms with van der Waals surface area (Å²) < 4.78 is 39.0. The van der Waals surface area contributed by atoms with Gasteiger partial charge in [0.2, 0.25) is 5.09 Å². The maximum absolute atomic E-state index is 12.7. The Bertz CT molecular complexity index is 1230. The number of benzene rings is 2. The van der Waals surface area contributed by atoms with Crippen LogP contribution in [-0.4, -0.2) is 20.5 Å². The normalized spacial score (nSPS) is 11.5. The molecule has 4 rings (SSSR count). The van der Waals surface area contributed by atoms with E-state index in [2.05, 4.69) is 9.71 Å². The third-order valence-electron chi connectivity index (χ3n) is 4.45. The summed E-state index contributed by atoms with van der Waals surface area (Å²) in [5, 5.41) is 0.586. The van der Waals surface area contributed by atoms with Gasteiger partial charge < -0.3 is 9.15 Å². The molecule has 0 atom stereocenters. The smallest absolute Gasteiger partial charge is 0.295 e. The van der Waals surface area contributed by atoms with Gasteiger partial charge >= 0.3 is 0 Å². The number of hydrogen-bond donors (Lipinski definition) is 1. The van der Waals surface area contributed by atoms with E-state index in [1.54, 1.807) is 55.9 Å². The first-order chi connectivity index (χ1) is 13.5. The van der Waals surface area contributed by atoms with E-state index < -0.39 is 10.0 Å². The van der Waals surface area contributed by atoms with Gasteiger partial charge in [-0.25, -0.2) is 0 Å². The molecule has 28 heavy (non-hydrogen) atoms. The van der Waals surface area contributed by atoms with Crippen molar-refractivity contribution in [2.75, 3.05) is 11.8 Å². The SMILES string of the molecule is COc1cc(NS(=O)(=O)c2cc3ccccc3o2)ccc1-c1cnccc1C. The Morgan fingerprint density at radius 2 is 1.86 bits per heavy atom. The number of para-hydroxylation sites is 1. The highest BCUT2D eigenvalue weighted by atomic mass is 32.2. The van der Waals surface area contributed by atoms with Crippen LogP contribution in [0.2, 0.25) is 0 Å². The molecule has 0 saturated heterocycles. The molecule has 0 saturated carbocycles. The van der Waals surface area contributed by atoms with Gasteiger partial charge in [0.25, 0.3) is 10.0 Å². The van der Waals surface area contributed by atoms with Crippen LogP contribution in [0.1, 0.15) is 5.56 Å². The van der Waals surface area contributed by atoms with Crippen LogP contribution >= 0.6 is 0 Å². The quantitative estimate of drug-likeness (QED) is 0.534. The molecule has 2 aromatic heterocycles. The summed E-state index contributed by atoms with van der Waals surface area (Å²) in [5.41, 5.74) is 3.69. The number of anilines is 1. The van der Waals surface area contributed by atoms with E-state index >= 15 is 0 Å². The van der Waals surface area contributed by atoms with Crippen LogP contribution in [0, 0.1) is 6.92 Å². The Labute approximate surface area is 162 Å². The zero-order valence-electron chi connectivity index (χ0n) is 15.3. The second-order valence-electron chi connectivity index (χ2n) is 6.31. The molecule has 0 fully saturated rings. The maximum atomic E-state index is 12.7. The Morgan fingerprint density at radius 1 is 1.04 bits per heavy atom. The molecule has 0 bridgehead atoms. The molecular formula is C21H18N2O4S. The lowest BCUT2D eigenvalue weighted by molar-refractivity contribution is 0.416. The van der Waals surface area contributed by atoms with Crippen LogP contribution in [0.3, 0.4) is 0 Å². The van der Waals surface area contributed by atoms with Gasteiger partial charge in [-0.1, -0.05) is 18.2 Å². The van der Waals surface area contributed by atoms with Crippen LogP contribution in [0.25, 0.3) is 22.1 Å². The highest BCUT2D eigenvalue weighted by molar-refractivity contribution is 7.92. The third kappa shape index (κ3) is 3.32. The molecule has 0 unspecified atom stereocenters. The molecule has 0 aliphatic carbocycles. The largest absolute Gasteiger partial charge is 0.496 e. The van der Waals surface area contributed by atoms with Crippen molar-refractivity contribution < 1.29 is 17.6 Å². The number of aryl methyl sites for hydroxylation is 1. The summed E-state index contributed by atoms with van der Waals surface area (Å²) in [6.45, 7) is 1.98. The van der Waals surface area contributed by atoms with Crippen molar-refractivity contribution in [3.63, 3.8) is 0 Å². The first-order valence-corrected chi connectivity index (χ1v) is 10.1. The first kappa shape index (κ1) is 18.1. The van der Waals surface area contributed by atoms with Crippen molar-refractivity contribution in [1.82, 2.24) is 4.98 Å². The Hall–Kier alpha value is -3.32. The fraction of sp³-hybridized carbons (Fsp3) is 0.0952. The molecule has 0 spiro atoms. The molecule has 1 N–H and O–H groups in total. The minimum absolute atomic E-state index is 0.139. The van der Waals surface area contributed by atoms with E-state index in [0.717, 1.165) is 22.1 Å². The molecular weight excluding hydrogens is 376 g/mol. The third-order valence-corrected chi connectivity index (χ3v) is 5.69. The minimum atomic E-state index is -3.87. The van der Waals surface area contributed by atoms with Crippen molar-refractivity contribution in [1.29, 1.82) is 0 Å². The topological polar surface area (TPSA) is 81.4 Å². The van der Waals surface area contributed by atoms with E-state index in [4.69, 9.17) is 9.15 Å². The Balaban J connectivity index is 1.69. The molecule has 142 valence electrons. The Morgan fingerprint density at radius 3 is 2.61 bits per heavy atom. The van der Waals surface area contributed by atoms with Gasteiger partial charge in [-0.15, -0.1) is 0 Å². The molecule has 2 heterocycles. The summed E-state index contributed by atoms with van der Waals surface area (Å²) in [7, 11) is -2.33. The number of nitrogens with zero attached hydrogens (tertiary/aromatic N) is 1. The summed E-state index contributed by atoms with van der Waals surface area (Å²) in [6.07, 6.45) is 3.48. The predicted octanol–water partition coefficient (Wildman–Crippen LogP) is 4.61. The lowest BCUT2D eigenvalue weighted by Crippen LogP contribution is -2.12. The van der Waals surface area contributed by atoms with Gasteiger partial charge in [0.1, 0.15) is 11.3 Å². The molecule has 4 aromatic rings. The lowest BCUT2D eigenvalue weighted by atomic mass is 10.0. The maximum Gasteiger partial charge on any atom is 0.295 e. The van der Waals surface area contributed by atoms with Gasteiger partial charge in [-0.05, 0) is 36.8 Å². The number of sulfonamides is 1. The molecule has 6 nitrogen and oxygen atoms in total. The monoisotopic (exact) mass is 394 g/mol. The van der Waals surface area contributed by atoms with Crippen molar-refractivity contribution in [3.8, 4) is 16.9 Å². The van der Waals surface area contributed by atoms with Crippen LogP contribution in [0.5, 0.6) is 5.75 Å². The van der Waals surface area contributed by atoms with Gasteiger partial charge in [-0.3, -0.25) is 9.71 Å². The average molecular weight is 394 g/mol. The van der Waals surface area contributed by atoms with Crippen LogP contribution in [-0.2, 0) is 10.0 Å². The van der Waals surface area contributed by atoms with Crippen molar-refractivity contribution in [3.05, 3.63) is 72.6 Å². The predicted molar refractivity (Wildman–Crippen MR) is 108 cm³/mol. The number of methoxy groups -OCH3 is 1. The zero-order valence-corrected chi connectivity index (χ0v) is 16.2. The molecule has 0 aliphatic rings. The number of rotatable bonds is 5. The summed E-state index contributed by atoms with van der Waals surface area (Å²) >= 11 is 0. The number of ether oxygens (including phenoxy) is 1. The molecule has 7 heteroatoms. The highest BCUT2D eigenvalue weighted by Gasteiger charge is 2.20. The average Bonchev–Trinajstić information content (AvgIpc) is 3.14. The van der Waals surface area contributed by atoms with Gasteiger partial charge in [0.15, 0.2) is 0 Å². The van der Waals surface area contributed by atoms with Crippen molar-refractivity contribution in [2.45, 2.75) is 12.0 Å². The van der Waals surface area contributed by atoms with Crippen LogP contribution < -0.4 is 9.46 Å². The number of furan rings is 1. The van der Waals surface area contributed by atoms with E-state index in [-0.39, 0.29) is 5.09 Å². The standard InChI is InChI=1S/C21H18N2O4S/c1-14-9-10-22-13-18(14)17-8-7-16(12-20(17)26-2)23-28(24,25)21-11-15-5-3-4-6-19(15)27-21/h3-13,23H,1-2H3. The fourth-order valence-electron chi connectivity index (χ4n) is 3.02. The van der Waals surface area contributed by atoms with Gasteiger partial charge in [0, 0.05) is 41.0 Å². The van der Waals surface area contributed by atoms with Crippen LogP contribution in [0.15, 0.2) is 76.5 Å². The summed E-state index contributed by atoms with van der Waals surface area (Å²) in [4.78, 5) is 4.16. The number of fused-ring (bicyclic) bond motifs is 1. The van der Waals surface area contributed by atoms with E-state index in [1.807, 2.05) is 19.1 Å². The number of nitrogens with one attached hydrogen (secondary N) is 1. The molecule has 2 aromatic carbocycles. The van der Waals surface area contributed by atoms with Crippen molar-refractivity contribution in [2.24, 2.45) is 0 Å². The second-order valence-corrected chi connectivity index (χ2v) is 7.93. The van der Waals surface area contributed by atoms with E-state index in [9.17, 15) is 8.42 Å². The van der Waals surface area contributed by atoms with Crippen LogP contribution in [0.4, 0.5) is 5.69 Å². The first-order valence-electron chi connectivity index (χ1n) is 8.58. The molecule has 0 amide bonds. The fourth-order valence-corrected chi connectivity index (χ4v) is 4.04. The van der Waals surface area contributed by atoms with E-state index in [1.165, 1.54) is 6.07 Å². The Kier molecular flexibility index (Phi) is 4.52. The second kappa shape index (κ2) is 7.01. The molecule has 0 radical (unpaired) electrons. The lowest BCUT2D eigenvalue weighted by Gasteiger charge is -2.13. The highest BCUT2D eigenvalue weighted by Crippen LogP contribution is 2.34. The van der Waals surface area contributed by atoms with Crippen molar-refractivity contribution >= 4 is 26.7 Å². The zero-order chi connectivity index (χ0) is 19.7. The van der Waals surface area contributed by atoms with E-state index in [0.29, 0.717) is 17.0 Å². The summed E-state index contributed by atoms with van der Waals surface area (Å²) in [6, 6.07) is 15.7. The summed E-state index contributed by atoms with van der Waals surface area (Å²) in [5.74, 6) is 0.543. The number of aromatic nitrogens is 1. The number of hydrogen-bond acceptors (Lipinski definition) is 5.